The predicted molar refractivity (Wildman–Crippen MR) is 187 cm³/mol. The summed E-state index contributed by atoms with van der Waals surface area (Å²) in [5, 5.41) is 25.5. The highest BCUT2D eigenvalue weighted by atomic mass is 32.5. The number of methoxy groups -OCH3 is 1. The van der Waals surface area contributed by atoms with E-state index in [1.54, 1.807) is 110 Å². The molecule has 0 saturated heterocycles. The van der Waals surface area contributed by atoms with Gasteiger partial charge in [-0.2, -0.15) is 5.10 Å². The van der Waals surface area contributed by atoms with Crippen LogP contribution in [0, 0.1) is 10.8 Å². The molecule has 0 atom stereocenters. The molecule has 0 aliphatic heterocycles. The van der Waals surface area contributed by atoms with Gasteiger partial charge in [-0.25, -0.2) is 4.78 Å². The number of ketones is 2. The molecule has 3 aromatic carbocycles. The molecule has 0 aliphatic rings. The van der Waals surface area contributed by atoms with E-state index in [-0.39, 0.29) is 23.1 Å². The maximum Gasteiger partial charge on any atom is 0.410 e. The van der Waals surface area contributed by atoms with Gasteiger partial charge in [0.15, 0.2) is 11.6 Å². The molecule has 0 aliphatic carbocycles. The van der Waals surface area contributed by atoms with E-state index in [1.807, 2.05) is 24.3 Å². The molecule has 3 aromatic rings. The van der Waals surface area contributed by atoms with Gasteiger partial charge in [-0.3, -0.25) is 9.59 Å². The number of rotatable bonds is 12. The topological polar surface area (TPSA) is 118 Å². The summed E-state index contributed by atoms with van der Waals surface area (Å²) in [5.41, 5.74) is 0.391. The van der Waals surface area contributed by atoms with Crippen LogP contribution in [0.4, 0.5) is 0 Å². The average molecular weight is 665 g/mol. The lowest BCUT2D eigenvalue weighted by Crippen LogP contribution is -2.18. The highest BCUT2D eigenvalue weighted by molar-refractivity contribution is 8.09. The van der Waals surface area contributed by atoms with Crippen molar-refractivity contribution in [2.24, 2.45) is 15.9 Å². The van der Waals surface area contributed by atoms with E-state index in [4.69, 9.17) is 25.6 Å². The van der Waals surface area contributed by atoms with E-state index in [9.17, 15) is 19.8 Å². The first kappa shape index (κ1) is 36.1. The number of carbonyl (C=O) groups is 2. The number of hydrazone groups is 1. The Balaban J connectivity index is 1.90. The van der Waals surface area contributed by atoms with Crippen LogP contribution >= 0.6 is 6.64 Å². The highest BCUT2D eigenvalue weighted by Crippen LogP contribution is 2.51. The molecule has 0 spiro atoms. The molecule has 0 bridgehead atoms. The van der Waals surface area contributed by atoms with Gasteiger partial charge in [0.05, 0.1) is 13.3 Å². The quantitative estimate of drug-likeness (QED) is 0.0647. The Morgan fingerprint density at radius 2 is 1.09 bits per heavy atom. The van der Waals surface area contributed by atoms with Gasteiger partial charge in [-0.05, 0) is 78.4 Å². The number of carbonyl (C=O) groups excluding carboxylic acids is 2. The molecular formula is C35H41N2O7PS. The maximum atomic E-state index is 12.3. The second kappa shape index (κ2) is 14.8. The summed E-state index contributed by atoms with van der Waals surface area (Å²) < 4.78 is 19.2. The lowest BCUT2D eigenvalue weighted by atomic mass is 9.90. The molecule has 0 amide bonds. The Bertz CT molecular complexity index is 1570. The fourth-order valence-corrected chi connectivity index (χ4v) is 5.40. The summed E-state index contributed by atoms with van der Waals surface area (Å²) in [6, 6.07) is 20.2. The number of aliphatic hydroxyl groups excluding tert-OH is 2. The summed E-state index contributed by atoms with van der Waals surface area (Å²) in [7, 11) is 3.23. The van der Waals surface area contributed by atoms with Crippen LogP contribution < -0.4 is 13.8 Å². The zero-order valence-corrected chi connectivity index (χ0v) is 29.1. The van der Waals surface area contributed by atoms with Gasteiger partial charge < -0.3 is 24.0 Å². The van der Waals surface area contributed by atoms with Gasteiger partial charge in [0.25, 0.3) is 0 Å². The molecule has 2 N–H and O–H groups in total. The molecule has 244 valence electrons. The van der Waals surface area contributed by atoms with Gasteiger partial charge in [-0.15, -0.1) is 0 Å². The van der Waals surface area contributed by atoms with Gasteiger partial charge in [0, 0.05) is 53.0 Å². The van der Waals surface area contributed by atoms with Crippen molar-refractivity contribution < 1.29 is 33.6 Å². The standard InChI is InChI=1S/C35H41N2O7PS/c1-34(2,3)32(40)21-30(38)25-11-17-28(18-12-25)43-45(46,37(7)36-23-24-9-15-27(42-8)16-10-24)44-29-19-13-26(14-20-29)31(39)22-33(41)35(4,5)6/h9-23,38-39H,1-8H3/b30-21-,31-22-,36-23+. The first-order valence-electron chi connectivity index (χ1n) is 14.4. The van der Waals surface area contributed by atoms with Gasteiger partial charge in [0.2, 0.25) is 0 Å². The molecule has 0 fully saturated rings. The lowest BCUT2D eigenvalue weighted by molar-refractivity contribution is -0.122. The lowest BCUT2D eigenvalue weighted by Gasteiger charge is -2.29. The molecule has 0 aromatic heterocycles. The molecule has 0 saturated carbocycles. The van der Waals surface area contributed by atoms with Crippen molar-refractivity contribution in [2.45, 2.75) is 41.5 Å². The minimum atomic E-state index is -3.39. The van der Waals surface area contributed by atoms with E-state index in [2.05, 4.69) is 5.10 Å². The van der Waals surface area contributed by atoms with Crippen LogP contribution in [0.3, 0.4) is 0 Å². The van der Waals surface area contributed by atoms with E-state index >= 15 is 0 Å². The third-order valence-electron chi connectivity index (χ3n) is 6.60. The normalized spacial score (nSPS) is 13.0. The molecule has 9 nitrogen and oxygen atoms in total. The van der Waals surface area contributed by atoms with Gasteiger partial charge in [0.1, 0.15) is 28.8 Å². The number of hydrogen-bond acceptors (Lipinski definition) is 9. The van der Waals surface area contributed by atoms with Crippen LogP contribution in [0.2, 0.25) is 0 Å². The Morgan fingerprint density at radius 1 is 0.717 bits per heavy atom. The zero-order valence-electron chi connectivity index (χ0n) is 27.3. The molecule has 0 heterocycles. The third kappa shape index (κ3) is 10.1. The van der Waals surface area contributed by atoms with Crippen molar-refractivity contribution in [3.05, 3.63) is 102 Å². The number of hydrogen-bond donors (Lipinski definition) is 2. The fourth-order valence-electron chi connectivity index (χ4n) is 3.53. The Hall–Kier alpha value is -4.40. The first-order valence-corrected chi connectivity index (χ1v) is 17.0. The van der Waals surface area contributed by atoms with Gasteiger partial charge >= 0.3 is 6.64 Å². The van der Waals surface area contributed by atoms with Crippen LogP contribution in [0.25, 0.3) is 11.5 Å². The number of nitrogens with zero attached hydrogens (tertiary/aromatic N) is 2. The van der Waals surface area contributed by atoms with E-state index < -0.39 is 17.5 Å². The van der Waals surface area contributed by atoms with Gasteiger partial charge in [-0.1, -0.05) is 41.5 Å². The van der Waals surface area contributed by atoms with E-state index in [0.29, 0.717) is 28.4 Å². The van der Waals surface area contributed by atoms with Crippen molar-refractivity contribution in [3.8, 4) is 17.2 Å². The molecule has 0 unspecified atom stereocenters. The molecule has 0 radical (unpaired) electrons. The molecular weight excluding hydrogens is 623 g/mol. The summed E-state index contributed by atoms with van der Waals surface area (Å²) in [5.74, 6) is 0.677. The smallest absolute Gasteiger partial charge is 0.410 e. The van der Waals surface area contributed by atoms with E-state index in [1.165, 1.54) is 16.9 Å². The van der Waals surface area contributed by atoms with Crippen molar-refractivity contribution >= 4 is 47.7 Å². The number of aliphatic hydroxyl groups is 2. The largest absolute Gasteiger partial charge is 0.507 e. The van der Waals surface area contributed by atoms with Crippen LogP contribution in [0.5, 0.6) is 17.2 Å². The van der Waals surface area contributed by atoms with Crippen LogP contribution in [0.15, 0.2) is 90.0 Å². The second-order valence-corrected chi connectivity index (χ2v) is 15.8. The summed E-state index contributed by atoms with van der Waals surface area (Å²) in [6.45, 7) is 7.26. The third-order valence-corrected chi connectivity index (χ3v) is 9.45. The zero-order chi connectivity index (χ0) is 34.3. The monoisotopic (exact) mass is 664 g/mol. The molecule has 3 rings (SSSR count). The minimum absolute atomic E-state index is 0.162. The second-order valence-electron chi connectivity index (χ2n) is 12.5. The Labute approximate surface area is 276 Å². The van der Waals surface area contributed by atoms with Crippen LogP contribution in [0.1, 0.15) is 58.2 Å². The maximum absolute atomic E-state index is 12.3. The Morgan fingerprint density at radius 3 is 1.43 bits per heavy atom. The number of allylic oxidation sites excluding steroid dienone is 2. The Kier molecular flexibility index (Phi) is 11.6. The number of benzene rings is 3. The van der Waals surface area contributed by atoms with Crippen LogP contribution in [-0.2, 0) is 21.4 Å². The molecule has 11 heteroatoms. The van der Waals surface area contributed by atoms with E-state index in [0.717, 1.165) is 5.56 Å². The predicted octanol–water partition coefficient (Wildman–Crippen LogP) is 8.37. The summed E-state index contributed by atoms with van der Waals surface area (Å²) in [6.07, 6.45) is 4.03. The van der Waals surface area contributed by atoms with Crippen molar-refractivity contribution in [2.75, 3.05) is 14.2 Å². The SMILES string of the molecule is COc1ccc(/C=N/N(C)P(=S)(Oc2ccc(/C(O)=C/C(=O)C(C)(C)C)cc2)Oc2ccc(/C(O)=C/C(=O)C(C)(C)C)cc2)cc1. The van der Waals surface area contributed by atoms with Crippen molar-refractivity contribution in [1.29, 1.82) is 0 Å². The first-order chi connectivity index (χ1) is 21.4. The minimum Gasteiger partial charge on any atom is -0.507 e. The molecule has 46 heavy (non-hydrogen) atoms. The number of ether oxygens (including phenoxy) is 1. The van der Waals surface area contributed by atoms with Crippen LogP contribution in [-0.4, -0.2) is 46.9 Å². The average Bonchev–Trinajstić information content (AvgIpc) is 2.99. The van der Waals surface area contributed by atoms with Crippen molar-refractivity contribution in [3.63, 3.8) is 0 Å². The highest BCUT2D eigenvalue weighted by Gasteiger charge is 2.29. The fraction of sp³-hybridized carbons (Fsp3) is 0.286. The van der Waals surface area contributed by atoms with Crippen molar-refractivity contribution in [1.82, 2.24) is 4.78 Å². The summed E-state index contributed by atoms with van der Waals surface area (Å²) >= 11 is 5.96. The summed E-state index contributed by atoms with van der Waals surface area (Å²) in [4.78, 5) is 24.7.